The third-order valence-electron chi connectivity index (χ3n) is 4.75. The summed E-state index contributed by atoms with van der Waals surface area (Å²) in [5.41, 5.74) is 3.76. The molecule has 0 saturated heterocycles. The van der Waals surface area contributed by atoms with Crippen molar-refractivity contribution in [2.75, 3.05) is 0 Å². The molecule has 0 aliphatic carbocycles. The van der Waals surface area contributed by atoms with Crippen LogP contribution in [0.3, 0.4) is 0 Å². The Morgan fingerprint density at radius 3 is 2.43 bits per heavy atom. The SMILES string of the molecule is CCc1ccc(-c2ccc(=O)n(CCC(=O)N[C@@H](C)c3ccccc3)n2)cc1. The first kappa shape index (κ1) is 19.5. The van der Waals surface area contributed by atoms with Gasteiger partial charge >= 0.3 is 0 Å². The van der Waals surface area contributed by atoms with Crippen LogP contribution in [-0.4, -0.2) is 15.7 Å². The van der Waals surface area contributed by atoms with Crippen LogP contribution < -0.4 is 10.9 Å². The van der Waals surface area contributed by atoms with E-state index in [1.54, 1.807) is 6.07 Å². The molecule has 3 rings (SSSR count). The summed E-state index contributed by atoms with van der Waals surface area (Å²) in [6.45, 7) is 4.29. The zero-order valence-electron chi connectivity index (χ0n) is 16.3. The van der Waals surface area contributed by atoms with Crippen molar-refractivity contribution in [2.24, 2.45) is 0 Å². The lowest BCUT2D eigenvalue weighted by Crippen LogP contribution is -2.30. The van der Waals surface area contributed by atoms with Gasteiger partial charge in [-0.25, -0.2) is 4.68 Å². The molecule has 0 aliphatic heterocycles. The van der Waals surface area contributed by atoms with Crippen molar-refractivity contribution in [3.8, 4) is 11.3 Å². The first-order chi connectivity index (χ1) is 13.6. The Balaban J connectivity index is 1.65. The molecular weight excluding hydrogens is 350 g/mol. The average molecular weight is 375 g/mol. The van der Waals surface area contributed by atoms with Crippen LogP contribution in [0.4, 0.5) is 0 Å². The van der Waals surface area contributed by atoms with Crippen molar-refractivity contribution < 1.29 is 4.79 Å². The molecule has 3 aromatic rings. The Labute approximate surface area is 165 Å². The Bertz CT molecular complexity index is 979. The molecule has 5 nitrogen and oxygen atoms in total. The minimum Gasteiger partial charge on any atom is -0.350 e. The number of benzene rings is 2. The molecule has 0 radical (unpaired) electrons. The van der Waals surface area contributed by atoms with E-state index < -0.39 is 0 Å². The highest BCUT2D eigenvalue weighted by Crippen LogP contribution is 2.16. The van der Waals surface area contributed by atoms with Crippen LogP contribution in [-0.2, 0) is 17.8 Å². The van der Waals surface area contributed by atoms with Crippen LogP contribution in [0.1, 0.15) is 37.4 Å². The Hall–Kier alpha value is -3.21. The summed E-state index contributed by atoms with van der Waals surface area (Å²) < 4.78 is 1.36. The van der Waals surface area contributed by atoms with Gasteiger partial charge < -0.3 is 5.32 Å². The van der Waals surface area contributed by atoms with E-state index in [9.17, 15) is 9.59 Å². The molecule has 5 heteroatoms. The number of nitrogens with zero attached hydrogens (tertiary/aromatic N) is 2. The van der Waals surface area contributed by atoms with Crippen molar-refractivity contribution in [2.45, 2.75) is 39.3 Å². The Morgan fingerprint density at radius 2 is 1.75 bits per heavy atom. The second kappa shape index (κ2) is 9.13. The summed E-state index contributed by atoms with van der Waals surface area (Å²) in [4.78, 5) is 24.4. The molecule has 0 aliphatic rings. The molecule has 0 fully saturated rings. The standard InChI is InChI=1S/C23H25N3O2/c1-3-18-9-11-20(12-10-18)21-13-14-23(28)26(25-21)16-15-22(27)24-17(2)19-7-5-4-6-8-19/h4-14,17H,3,15-16H2,1-2H3,(H,24,27)/t17-/m0/s1. The molecule has 0 bridgehead atoms. The Kier molecular flexibility index (Phi) is 6.37. The van der Waals surface area contributed by atoms with Crippen molar-refractivity contribution in [1.29, 1.82) is 0 Å². The van der Waals surface area contributed by atoms with Crippen LogP contribution in [0.2, 0.25) is 0 Å². The average Bonchev–Trinajstić information content (AvgIpc) is 2.74. The normalized spacial score (nSPS) is 11.8. The zero-order valence-corrected chi connectivity index (χ0v) is 16.3. The molecule has 2 aromatic carbocycles. The highest BCUT2D eigenvalue weighted by Gasteiger charge is 2.10. The second-order valence-corrected chi connectivity index (χ2v) is 6.78. The van der Waals surface area contributed by atoms with Gasteiger partial charge in [0.25, 0.3) is 5.56 Å². The number of rotatable bonds is 7. The smallest absolute Gasteiger partial charge is 0.266 e. The number of amides is 1. The summed E-state index contributed by atoms with van der Waals surface area (Å²) >= 11 is 0. The quantitative estimate of drug-likeness (QED) is 0.684. The fraction of sp³-hybridized carbons (Fsp3) is 0.261. The number of aromatic nitrogens is 2. The number of aryl methyl sites for hydroxylation is 2. The summed E-state index contributed by atoms with van der Waals surface area (Å²) in [6, 6.07) is 21.1. The van der Waals surface area contributed by atoms with Crippen molar-refractivity contribution in [3.63, 3.8) is 0 Å². The molecular formula is C23H25N3O2. The first-order valence-corrected chi connectivity index (χ1v) is 9.58. The van der Waals surface area contributed by atoms with E-state index in [-0.39, 0.29) is 30.5 Å². The molecule has 0 saturated carbocycles. The minimum absolute atomic E-state index is 0.0817. The lowest BCUT2D eigenvalue weighted by atomic mass is 10.1. The molecule has 1 N–H and O–H groups in total. The Morgan fingerprint density at radius 1 is 1.04 bits per heavy atom. The maximum atomic E-state index is 12.3. The minimum atomic E-state index is -0.210. The maximum absolute atomic E-state index is 12.3. The molecule has 1 heterocycles. The highest BCUT2D eigenvalue weighted by molar-refractivity contribution is 5.76. The highest BCUT2D eigenvalue weighted by atomic mass is 16.2. The van der Waals surface area contributed by atoms with E-state index in [2.05, 4.69) is 29.5 Å². The number of hydrogen-bond donors (Lipinski definition) is 1. The lowest BCUT2D eigenvalue weighted by molar-refractivity contribution is -0.122. The largest absolute Gasteiger partial charge is 0.350 e. The molecule has 28 heavy (non-hydrogen) atoms. The van der Waals surface area contributed by atoms with Gasteiger partial charge in [0.15, 0.2) is 0 Å². The molecule has 144 valence electrons. The van der Waals surface area contributed by atoms with E-state index in [1.165, 1.54) is 16.3 Å². The number of nitrogens with one attached hydrogen (secondary N) is 1. The van der Waals surface area contributed by atoms with Crippen LogP contribution >= 0.6 is 0 Å². The first-order valence-electron chi connectivity index (χ1n) is 9.58. The van der Waals surface area contributed by atoms with Gasteiger partial charge in [-0.15, -0.1) is 0 Å². The van der Waals surface area contributed by atoms with Gasteiger partial charge in [0.1, 0.15) is 0 Å². The molecule has 0 unspecified atom stereocenters. The zero-order chi connectivity index (χ0) is 19.9. The van der Waals surface area contributed by atoms with E-state index >= 15 is 0 Å². The third kappa shape index (κ3) is 4.94. The third-order valence-corrected chi connectivity index (χ3v) is 4.75. The van der Waals surface area contributed by atoms with Crippen LogP contribution in [0, 0.1) is 0 Å². The van der Waals surface area contributed by atoms with Crippen molar-refractivity contribution in [1.82, 2.24) is 15.1 Å². The molecule has 1 atom stereocenters. The van der Waals surface area contributed by atoms with E-state index in [4.69, 9.17) is 0 Å². The van der Waals surface area contributed by atoms with Crippen LogP contribution in [0.25, 0.3) is 11.3 Å². The van der Waals surface area contributed by atoms with E-state index in [0.717, 1.165) is 23.2 Å². The van der Waals surface area contributed by atoms with Gasteiger partial charge in [0, 0.05) is 18.1 Å². The fourth-order valence-electron chi connectivity index (χ4n) is 3.02. The number of hydrogen-bond acceptors (Lipinski definition) is 3. The van der Waals surface area contributed by atoms with Gasteiger partial charge in [-0.1, -0.05) is 61.5 Å². The van der Waals surface area contributed by atoms with Crippen molar-refractivity contribution >= 4 is 5.91 Å². The molecule has 1 amide bonds. The second-order valence-electron chi connectivity index (χ2n) is 6.78. The summed E-state index contributed by atoms with van der Waals surface area (Å²) in [5.74, 6) is -0.109. The monoisotopic (exact) mass is 375 g/mol. The summed E-state index contributed by atoms with van der Waals surface area (Å²) in [7, 11) is 0. The van der Waals surface area contributed by atoms with Gasteiger partial charge in [0.2, 0.25) is 5.91 Å². The van der Waals surface area contributed by atoms with Gasteiger partial charge in [0.05, 0.1) is 18.3 Å². The lowest BCUT2D eigenvalue weighted by Gasteiger charge is -2.14. The fourth-order valence-corrected chi connectivity index (χ4v) is 3.02. The van der Waals surface area contributed by atoms with E-state index in [1.807, 2.05) is 49.4 Å². The molecule has 0 spiro atoms. The predicted molar refractivity (Wildman–Crippen MR) is 111 cm³/mol. The van der Waals surface area contributed by atoms with Gasteiger partial charge in [-0.2, -0.15) is 5.10 Å². The van der Waals surface area contributed by atoms with E-state index in [0.29, 0.717) is 0 Å². The van der Waals surface area contributed by atoms with Gasteiger partial charge in [-0.05, 0) is 30.5 Å². The summed E-state index contributed by atoms with van der Waals surface area (Å²) in [5, 5.41) is 7.39. The topological polar surface area (TPSA) is 64.0 Å². The predicted octanol–water partition coefficient (Wildman–Crippen LogP) is 3.74. The maximum Gasteiger partial charge on any atom is 0.266 e. The molecule has 1 aromatic heterocycles. The summed E-state index contributed by atoms with van der Waals surface area (Å²) in [6.07, 6.45) is 1.17. The number of carbonyl (C=O) groups is 1. The van der Waals surface area contributed by atoms with Crippen LogP contribution in [0.15, 0.2) is 71.5 Å². The van der Waals surface area contributed by atoms with Crippen LogP contribution in [0.5, 0.6) is 0 Å². The van der Waals surface area contributed by atoms with Gasteiger partial charge in [-0.3, -0.25) is 9.59 Å². The number of carbonyl (C=O) groups excluding carboxylic acids is 1. The van der Waals surface area contributed by atoms with Crippen molar-refractivity contribution in [3.05, 3.63) is 88.2 Å².